The lowest BCUT2D eigenvalue weighted by atomic mass is 10.0. The van der Waals surface area contributed by atoms with Gasteiger partial charge < -0.3 is 9.47 Å². The molecule has 0 heterocycles. The van der Waals surface area contributed by atoms with Gasteiger partial charge in [0.05, 0.1) is 19.6 Å². The third-order valence-corrected chi connectivity index (χ3v) is 4.57. The number of esters is 2. The van der Waals surface area contributed by atoms with Gasteiger partial charge in [0, 0.05) is 6.08 Å². The van der Waals surface area contributed by atoms with Crippen molar-refractivity contribution in [1.29, 1.82) is 0 Å². The lowest BCUT2D eigenvalue weighted by Crippen LogP contribution is -2.14. The molecule has 0 aliphatic rings. The van der Waals surface area contributed by atoms with Crippen LogP contribution in [0.15, 0.2) is 12.2 Å². The highest BCUT2D eigenvalue weighted by Crippen LogP contribution is 2.14. The average molecular weight is 355 g/mol. The molecule has 0 rings (SSSR count). The van der Waals surface area contributed by atoms with E-state index < -0.39 is 0 Å². The van der Waals surface area contributed by atoms with E-state index in [1.54, 1.807) is 0 Å². The van der Waals surface area contributed by atoms with Gasteiger partial charge in [0.2, 0.25) is 0 Å². The van der Waals surface area contributed by atoms with Crippen molar-refractivity contribution < 1.29 is 19.1 Å². The molecule has 146 valence electrons. The van der Waals surface area contributed by atoms with Gasteiger partial charge in [0.1, 0.15) is 0 Å². The van der Waals surface area contributed by atoms with Crippen molar-refractivity contribution in [3.05, 3.63) is 12.2 Å². The number of hydrogen-bond donors (Lipinski definition) is 0. The summed E-state index contributed by atoms with van der Waals surface area (Å²) in [7, 11) is 0. The highest BCUT2D eigenvalue weighted by atomic mass is 16.5. The van der Waals surface area contributed by atoms with E-state index >= 15 is 0 Å². The van der Waals surface area contributed by atoms with Gasteiger partial charge in [-0.15, -0.1) is 0 Å². The van der Waals surface area contributed by atoms with Crippen LogP contribution in [-0.2, 0) is 19.1 Å². The summed E-state index contributed by atoms with van der Waals surface area (Å²) in [6.07, 6.45) is 11.8. The summed E-state index contributed by atoms with van der Waals surface area (Å²) in [6, 6.07) is 0. The fourth-order valence-corrected chi connectivity index (χ4v) is 2.57. The summed E-state index contributed by atoms with van der Waals surface area (Å²) in [4.78, 5) is 23.4. The first kappa shape index (κ1) is 23.7. The van der Waals surface area contributed by atoms with Gasteiger partial charge in [-0.25, -0.2) is 4.79 Å². The second-order valence-corrected chi connectivity index (χ2v) is 6.75. The maximum atomic E-state index is 11.7. The molecule has 0 aliphatic heterocycles. The summed E-state index contributed by atoms with van der Waals surface area (Å²) in [5, 5.41) is 0. The Bertz CT molecular complexity index is 376. The van der Waals surface area contributed by atoms with Gasteiger partial charge in [0.25, 0.3) is 0 Å². The van der Waals surface area contributed by atoms with Gasteiger partial charge >= 0.3 is 11.9 Å². The van der Waals surface area contributed by atoms with Gasteiger partial charge in [-0.1, -0.05) is 72.3 Å². The minimum atomic E-state index is -0.378. The van der Waals surface area contributed by atoms with Crippen LogP contribution in [-0.4, -0.2) is 25.2 Å². The summed E-state index contributed by atoms with van der Waals surface area (Å²) in [5.41, 5.74) is 0. The molecule has 0 spiro atoms. The minimum absolute atomic E-state index is 0.117. The van der Waals surface area contributed by atoms with Crippen LogP contribution in [0.4, 0.5) is 0 Å². The molecule has 0 aliphatic carbocycles. The number of hydrogen-bond acceptors (Lipinski definition) is 4. The molecule has 25 heavy (non-hydrogen) atoms. The van der Waals surface area contributed by atoms with Gasteiger partial charge in [-0.3, -0.25) is 4.79 Å². The molecule has 0 bridgehead atoms. The van der Waals surface area contributed by atoms with E-state index in [0.717, 1.165) is 44.9 Å². The van der Waals surface area contributed by atoms with Crippen molar-refractivity contribution in [2.45, 2.75) is 85.5 Å². The van der Waals surface area contributed by atoms with E-state index in [1.165, 1.54) is 18.6 Å². The van der Waals surface area contributed by atoms with Crippen LogP contribution in [0.5, 0.6) is 0 Å². The topological polar surface area (TPSA) is 52.6 Å². The van der Waals surface area contributed by atoms with Crippen molar-refractivity contribution in [2.24, 2.45) is 11.8 Å². The fraction of sp³-hybridized carbons (Fsp3) is 0.810. The Morgan fingerprint density at radius 1 is 0.840 bits per heavy atom. The smallest absolute Gasteiger partial charge is 0.330 e. The van der Waals surface area contributed by atoms with E-state index in [2.05, 4.69) is 27.7 Å². The first-order valence-electron chi connectivity index (χ1n) is 10.1. The first-order valence-corrected chi connectivity index (χ1v) is 10.1. The standard InChI is InChI=1S/C21H38O4/c1-5-9-12-18(7-3)16-24-20(22)14-11-15-21(23)25-17-19(8-4)13-10-6-2/h11,14,18-19H,5-10,12-13,15-17H2,1-4H3. The molecule has 2 atom stereocenters. The quantitative estimate of drug-likeness (QED) is 0.290. The number of carbonyl (C=O) groups excluding carboxylic acids is 2. The minimum Gasteiger partial charge on any atom is -0.465 e. The van der Waals surface area contributed by atoms with E-state index in [0.29, 0.717) is 25.0 Å². The van der Waals surface area contributed by atoms with Crippen molar-refractivity contribution in [3.8, 4) is 0 Å². The maximum Gasteiger partial charge on any atom is 0.330 e. The van der Waals surface area contributed by atoms with Crippen molar-refractivity contribution >= 4 is 11.9 Å². The molecule has 0 aromatic heterocycles. The zero-order valence-corrected chi connectivity index (χ0v) is 16.7. The molecule has 0 saturated heterocycles. The maximum absolute atomic E-state index is 11.7. The van der Waals surface area contributed by atoms with Crippen molar-refractivity contribution in [3.63, 3.8) is 0 Å². The van der Waals surface area contributed by atoms with Gasteiger partial charge in [0.15, 0.2) is 0 Å². The predicted octanol–water partition coefficient (Wildman–Crippen LogP) is 5.45. The summed E-state index contributed by atoms with van der Waals surface area (Å²) in [5.74, 6) is 0.203. The van der Waals surface area contributed by atoms with Crippen molar-refractivity contribution in [1.82, 2.24) is 0 Å². The summed E-state index contributed by atoms with van der Waals surface area (Å²) in [6.45, 7) is 9.49. The zero-order chi connectivity index (χ0) is 18.9. The Labute approximate surface area is 154 Å². The fourth-order valence-electron chi connectivity index (χ4n) is 2.57. The van der Waals surface area contributed by atoms with E-state index in [9.17, 15) is 9.59 Å². The Morgan fingerprint density at radius 3 is 1.84 bits per heavy atom. The first-order chi connectivity index (χ1) is 12.1. The van der Waals surface area contributed by atoms with Crippen LogP contribution in [0.2, 0.25) is 0 Å². The van der Waals surface area contributed by atoms with Gasteiger partial charge in [-0.2, -0.15) is 0 Å². The summed E-state index contributed by atoms with van der Waals surface area (Å²) < 4.78 is 10.5. The molecule has 0 radical (unpaired) electrons. The molecule has 0 fully saturated rings. The van der Waals surface area contributed by atoms with E-state index in [-0.39, 0.29) is 18.4 Å². The van der Waals surface area contributed by atoms with Crippen LogP contribution in [0.25, 0.3) is 0 Å². The molecular weight excluding hydrogens is 316 g/mol. The van der Waals surface area contributed by atoms with Crippen LogP contribution in [0, 0.1) is 11.8 Å². The van der Waals surface area contributed by atoms with E-state index in [4.69, 9.17) is 9.47 Å². The number of carbonyl (C=O) groups is 2. The zero-order valence-electron chi connectivity index (χ0n) is 16.7. The van der Waals surface area contributed by atoms with Crippen LogP contribution < -0.4 is 0 Å². The van der Waals surface area contributed by atoms with Crippen LogP contribution >= 0.6 is 0 Å². The average Bonchev–Trinajstić information content (AvgIpc) is 2.62. The monoisotopic (exact) mass is 354 g/mol. The molecule has 4 nitrogen and oxygen atoms in total. The Morgan fingerprint density at radius 2 is 1.36 bits per heavy atom. The molecule has 4 heteroatoms. The molecule has 0 amide bonds. The lowest BCUT2D eigenvalue weighted by Gasteiger charge is -2.14. The SMILES string of the molecule is CCCCC(CC)COC(=O)C=CCC(=O)OCC(CC)CCCC. The Balaban J connectivity index is 3.96. The van der Waals surface area contributed by atoms with Crippen LogP contribution in [0.1, 0.15) is 85.5 Å². The molecule has 2 unspecified atom stereocenters. The second-order valence-electron chi connectivity index (χ2n) is 6.75. The largest absolute Gasteiger partial charge is 0.465 e. The van der Waals surface area contributed by atoms with E-state index in [1.807, 2.05) is 0 Å². The molecule has 0 aromatic rings. The number of rotatable bonds is 15. The van der Waals surface area contributed by atoms with Gasteiger partial charge in [-0.05, 0) is 24.7 Å². The Kier molecular flexibility index (Phi) is 15.3. The van der Waals surface area contributed by atoms with Crippen LogP contribution in [0.3, 0.4) is 0 Å². The highest BCUT2D eigenvalue weighted by Gasteiger charge is 2.10. The van der Waals surface area contributed by atoms with Crippen molar-refractivity contribution in [2.75, 3.05) is 13.2 Å². The molecule has 0 N–H and O–H groups in total. The number of unbranched alkanes of at least 4 members (excludes halogenated alkanes) is 2. The summed E-state index contributed by atoms with van der Waals surface area (Å²) >= 11 is 0. The third kappa shape index (κ3) is 13.6. The predicted molar refractivity (Wildman–Crippen MR) is 102 cm³/mol. The second kappa shape index (κ2) is 16.2. The molecule has 0 aromatic carbocycles. The number of ether oxygens (including phenoxy) is 2. The lowest BCUT2D eigenvalue weighted by molar-refractivity contribution is -0.144. The molecule has 0 saturated carbocycles. The Hall–Kier alpha value is -1.32. The molecular formula is C21H38O4. The highest BCUT2D eigenvalue weighted by molar-refractivity contribution is 5.83. The normalized spacial score (nSPS) is 13.6. The third-order valence-electron chi connectivity index (χ3n) is 4.57.